The number of hydrogen-bond acceptors (Lipinski definition) is 0. The standard InChI is InChI=1S/C8H15ClN/c1-6(2)8-5-7(9)3-4-10-8/h6-8H,3-5H2,1-2H3. The molecule has 1 saturated heterocycles. The quantitative estimate of drug-likeness (QED) is 0.522. The van der Waals surface area contributed by atoms with E-state index in [1.54, 1.807) is 0 Å². The van der Waals surface area contributed by atoms with Gasteiger partial charge in [0.05, 0.1) is 0 Å². The molecule has 1 aliphatic rings. The average molecular weight is 161 g/mol. The Morgan fingerprint density at radius 3 is 2.60 bits per heavy atom. The fraction of sp³-hybridized carbons (Fsp3) is 1.00. The van der Waals surface area contributed by atoms with Gasteiger partial charge >= 0.3 is 0 Å². The average Bonchev–Trinajstić information content (AvgIpc) is 1.88. The van der Waals surface area contributed by atoms with Gasteiger partial charge in [0.15, 0.2) is 0 Å². The van der Waals surface area contributed by atoms with Crippen molar-refractivity contribution in [1.82, 2.24) is 5.32 Å². The zero-order valence-corrected chi connectivity index (χ0v) is 7.43. The first-order valence-corrected chi connectivity index (χ1v) is 4.44. The van der Waals surface area contributed by atoms with Crippen molar-refractivity contribution >= 4 is 11.6 Å². The highest BCUT2D eigenvalue weighted by molar-refractivity contribution is 6.20. The van der Waals surface area contributed by atoms with Crippen LogP contribution in [0.15, 0.2) is 0 Å². The van der Waals surface area contributed by atoms with Crippen LogP contribution in [0.2, 0.25) is 0 Å². The summed E-state index contributed by atoms with van der Waals surface area (Å²) < 4.78 is 0. The molecule has 1 fully saturated rings. The fourth-order valence-corrected chi connectivity index (χ4v) is 1.60. The Morgan fingerprint density at radius 2 is 2.20 bits per heavy atom. The Bertz CT molecular complexity index is 103. The molecule has 0 bridgehead atoms. The molecule has 0 spiro atoms. The third-order valence-corrected chi connectivity index (χ3v) is 2.47. The molecule has 0 aromatic heterocycles. The molecule has 1 heterocycles. The van der Waals surface area contributed by atoms with E-state index < -0.39 is 0 Å². The Morgan fingerprint density at radius 1 is 1.50 bits per heavy atom. The Balaban J connectivity index is 2.32. The molecule has 1 nitrogen and oxygen atoms in total. The van der Waals surface area contributed by atoms with Crippen molar-refractivity contribution in [3.63, 3.8) is 0 Å². The van der Waals surface area contributed by atoms with Crippen LogP contribution in [0.3, 0.4) is 0 Å². The zero-order valence-electron chi connectivity index (χ0n) is 6.68. The van der Waals surface area contributed by atoms with Crippen LogP contribution in [0, 0.1) is 5.92 Å². The summed E-state index contributed by atoms with van der Waals surface area (Å²) in [5.41, 5.74) is 0. The lowest BCUT2D eigenvalue weighted by molar-refractivity contribution is 0.323. The van der Waals surface area contributed by atoms with Gasteiger partial charge in [-0.3, -0.25) is 0 Å². The second kappa shape index (κ2) is 3.59. The molecule has 0 aliphatic carbocycles. The lowest BCUT2D eigenvalue weighted by Gasteiger charge is -2.27. The second-order valence-corrected chi connectivity index (χ2v) is 3.96. The minimum absolute atomic E-state index is 0.380. The number of piperidine rings is 1. The van der Waals surface area contributed by atoms with Gasteiger partial charge in [0.25, 0.3) is 0 Å². The number of hydrogen-bond donors (Lipinski definition) is 0. The molecule has 0 amide bonds. The molecule has 10 heavy (non-hydrogen) atoms. The van der Waals surface area contributed by atoms with E-state index in [1.807, 2.05) is 0 Å². The minimum atomic E-state index is 0.380. The van der Waals surface area contributed by atoms with Gasteiger partial charge in [0.2, 0.25) is 0 Å². The molecular weight excluding hydrogens is 146 g/mol. The maximum Gasteiger partial charge on any atom is 0.0364 e. The van der Waals surface area contributed by atoms with Crippen molar-refractivity contribution in [3.8, 4) is 0 Å². The minimum Gasteiger partial charge on any atom is -0.238 e. The van der Waals surface area contributed by atoms with Crippen molar-refractivity contribution < 1.29 is 0 Å². The van der Waals surface area contributed by atoms with Crippen molar-refractivity contribution in [3.05, 3.63) is 0 Å². The van der Waals surface area contributed by atoms with Crippen molar-refractivity contribution in [2.45, 2.75) is 38.1 Å². The largest absolute Gasteiger partial charge is 0.238 e. The van der Waals surface area contributed by atoms with E-state index >= 15 is 0 Å². The third kappa shape index (κ3) is 2.14. The van der Waals surface area contributed by atoms with Gasteiger partial charge in [0.1, 0.15) is 0 Å². The van der Waals surface area contributed by atoms with Gasteiger partial charge < -0.3 is 0 Å². The summed E-state index contributed by atoms with van der Waals surface area (Å²) in [5, 5.41) is 4.87. The van der Waals surface area contributed by atoms with Crippen LogP contribution in [0.25, 0.3) is 0 Å². The lowest BCUT2D eigenvalue weighted by Crippen LogP contribution is -2.36. The topological polar surface area (TPSA) is 14.1 Å². The van der Waals surface area contributed by atoms with E-state index in [0.29, 0.717) is 17.3 Å². The summed E-state index contributed by atoms with van der Waals surface area (Å²) in [5.74, 6) is 0.668. The SMILES string of the molecule is CC(C)C1CC(Cl)CC[N]1. The maximum atomic E-state index is 6.00. The van der Waals surface area contributed by atoms with Gasteiger partial charge in [-0.25, -0.2) is 5.32 Å². The molecule has 2 unspecified atom stereocenters. The first-order chi connectivity index (χ1) is 4.70. The highest BCUT2D eigenvalue weighted by atomic mass is 35.5. The highest BCUT2D eigenvalue weighted by Gasteiger charge is 2.22. The maximum absolute atomic E-state index is 6.00. The molecule has 0 aromatic carbocycles. The lowest BCUT2D eigenvalue weighted by atomic mass is 9.95. The van der Waals surface area contributed by atoms with Crippen LogP contribution in [0.5, 0.6) is 0 Å². The first kappa shape index (κ1) is 8.35. The number of rotatable bonds is 1. The van der Waals surface area contributed by atoms with Crippen LogP contribution in [0.1, 0.15) is 26.7 Å². The number of halogens is 1. The van der Waals surface area contributed by atoms with Crippen LogP contribution in [-0.4, -0.2) is 18.0 Å². The van der Waals surface area contributed by atoms with E-state index in [-0.39, 0.29) is 0 Å². The van der Waals surface area contributed by atoms with Crippen molar-refractivity contribution in [2.24, 2.45) is 5.92 Å². The highest BCUT2D eigenvalue weighted by Crippen LogP contribution is 2.20. The third-order valence-electron chi connectivity index (χ3n) is 2.07. The molecule has 1 rings (SSSR count). The Kier molecular flexibility index (Phi) is 2.99. The molecule has 2 heteroatoms. The van der Waals surface area contributed by atoms with E-state index in [4.69, 9.17) is 11.6 Å². The van der Waals surface area contributed by atoms with Crippen LogP contribution in [0.4, 0.5) is 0 Å². The fourth-order valence-electron chi connectivity index (χ4n) is 1.32. The molecule has 2 atom stereocenters. The monoisotopic (exact) mass is 160 g/mol. The van der Waals surface area contributed by atoms with E-state index in [0.717, 1.165) is 19.4 Å². The molecule has 0 N–H and O–H groups in total. The second-order valence-electron chi connectivity index (χ2n) is 3.34. The van der Waals surface area contributed by atoms with Crippen molar-refractivity contribution in [2.75, 3.05) is 6.54 Å². The zero-order chi connectivity index (χ0) is 7.56. The summed E-state index contributed by atoms with van der Waals surface area (Å²) in [6.07, 6.45) is 2.16. The molecule has 0 aromatic rings. The summed E-state index contributed by atoms with van der Waals surface area (Å²) in [7, 11) is 0. The summed E-state index contributed by atoms with van der Waals surface area (Å²) >= 11 is 6.00. The Labute approximate surface area is 68.1 Å². The van der Waals surface area contributed by atoms with E-state index in [1.165, 1.54) is 0 Å². The van der Waals surface area contributed by atoms with Gasteiger partial charge in [-0.1, -0.05) is 13.8 Å². The normalized spacial score (nSPS) is 34.8. The molecule has 59 valence electrons. The summed E-state index contributed by atoms with van der Waals surface area (Å²) in [4.78, 5) is 0. The Hall–Kier alpha value is 0.250. The molecular formula is C8H15ClN. The predicted octanol–water partition coefficient (Wildman–Crippen LogP) is 2.02. The smallest absolute Gasteiger partial charge is 0.0364 e. The van der Waals surface area contributed by atoms with Crippen molar-refractivity contribution in [1.29, 1.82) is 0 Å². The van der Waals surface area contributed by atoms with Crippen LogP contribution >= 0.6 is 11.6 Å². The number of nitrogens with zero attached hydrogens (tertiary/aromatic N) is 1. The van der Waals surface area contributed by atoms with Gasteiger partial charge in [-0.2, -0.15) is 0 Å². The first-order valence-electron chi connectivity index (χ1n) is 4.01. The summed E-state index contributed by atoms with van der Waals surface area (Å²) in [6.45, 7) is 5.39. The predicted molar refractivity (Wildman–Crippen MR) is 44.5 cm³/mol. The van der Waals surface area contributed by atoms with Crippen LogP contribution in [-0.2, 0) is 0 Å². The summed E-state index contributed by atoms with van der Waals surface area (Å²) in [6, 6.07) is 0.524. The number of alkyl halides is 1. The molecule has 1 radical (unpaired) electrons. The van der Waals surface area contributed by atoms with E-state index in [9.17, 15) is 0 Å². The van der Waals surface area contributed by atoms with Gasteiger partial charge in [0, 0.05) is 18.0 Å². The van der Waals surface area contributed by atoms with Crippen LogP contribution < -0.4 is 5.32 Å². The molecule has 1 aliphatic heterocycles. The van der Waals surface area contributed by atoms with Gasteiger partial charge in [-0.15, -0.1) is 11.6 Å². The van der Waals surface area contributed by atoms with E-state index in [2.05, 4.69) is 19.2 Å². The van der Waals surface area contributed by atoms with Gasteiger partial charge in [-0.05, 0) is 18.8 Å². The molecule has 0 saturated carbocycles.